The topological polar surface area (TPSA) is 130 Å². The van der Waals surface area contributed by atoms with E-state index < -0.39 is 10.2 Å². The number of nitrogens with two attached hydrogens (primary N) is 1. The SMILES string of the molecule is NS(=O)(=O)NCc1ccc(Nc2ccnc3[nH]c(=O)ccc23)c(Cl)c1. The molecule has 8 nitrogen and oxygen atoms in total. The highest BCUT2D eigenvalue weighted by atomic mass is 35.5. The maximum Gasteiger partial charge on any atom is 0.274 e. The Morgan fingerprint density at radius 2 is 1.96 bits per heavy atom. The number of halogens is 1. The van der Waals surface area contributed by atoms with Gasteiger partial charge in [-0.2, -0.15) is 13.1 Å². The summed E-state index contributed by atoms with van der Waals surface area (Å²) in [4.78, 5) is 18.2. The van der Waals surface area contributed by atoms with Gasteiger partial charge >= 0.3 is 0 Å². The first-order valence-corrected chi connectivity index (χ1v) is 9.05. The van der Waals surface area contributed by atoms with Gasteiger partial charge < -0.3 is 10.3 Å². The molecular weight excluding hydrogens is 366 g/mol. The molecule has 1 aromatic carbocycles. The van der Waals surface area contributed by atoms with E-state index in [1.54, 1.807) is 36.5 Å². The fraction of sp³-hybridized carbons (Fsp3) is 0.0667. The monoisotopic (exact) mass is 379 g/mol. The first kappa shape index (κ1) is 17.4. The number of nitrogens with one attached hydrogen (secondary N) is 3. The number of hydrogen-bond acceptors (Lipinski definition) is 5. The number of fused-ring (bicyclic) bond motifs is 1. The van der Waals surface area contributed by atoms with Crippen LogP contribution in [0, 0.1) is 0 Å². The van der Waals surface area contributed by atoms with Crippen molar-refractivity contribution < 1.29 is 8.42 Å². The Morgan fingerprint density at radius 1 is 1.16 bits per heavy atom. The maximum absolute atomic E-state index is 11.4. The predicted molar refractivity (Wildman–Crippen MR) is 97.0 cm³/mol. The lowest BCUT2D eigenvalue weighted by Gasteiger charge is -2.12. The standard InChI is InChI=1S/C15H14ClN5O3S/c16-11-7-9(8-19-25(17,23)24)1-3-13(11)20-12-5-6-18-15-10(12)2-4-14(22)21-15/h1-7,19H,8H2,(H2,17,23,24)(H2,18,20,21,22). The van der Waals surface area contributed by atoms with Crippen LogP contribution in [0.5, 0.6) is 0 Å². The van der Waals surface area contributed by atoms with Crippen LogP contribution >= 0.6 is 11.6 Å². The highest BCUT2D eigenvalue weighted by molar-refractivity contribution is 7.87. The summed E-state index contributed by atoms with van der Waals surface area (Å²) in [6.45, 7) is 0.0399. The van der Waals surface area contributed by atoms with Crippen molar-refractivity contribution in [2.24, 2.45) is 5.14 Å². The van der Waals surface area contributed by atoms with Crippen LogP contribution < -0.4 is 20.7 Å². The summed E-state index contributed by atoms with van der Waals surface area (Å²) in [5.41, 5.74) is 2.23. The molecule has 3 aromatic rings. The Bertz CT molecular complexity index is 1100. The van der Waals surface area contributed by atoms with Crippen molar-refractivity contribution in [2.45, 2.75) is 6.54 Å². The fourth-order valence-corrected chi connectivity index (χ4v) is 2.89. The lowest BCUT2D eigenvalue weighted by molar-refractivity contribution is 0.583. The summed E-state index contributed by atoms with van der Waals surface area (Å²) in [5, 5.41) is 9.22. The van der Waals surface area contributed by atoms with Crippen LogP contribution in [0.3, 0.4) is 0 Å². The molecule has 3 rings (SSSR count). The van der Waals surface area contributed by atoms with Gasteiger partial charge in [-0.1, -0.05) is 17.7 Å². The van der Waals surface area contributed by atoms with E-state index in [-0.39, 0.29) is 12.1 Å². The van der Waals surface area contributed by atoms with Gasteiger partial charge in [-0.05, 0) is 29.8 Å². The molecular formula is C15H14ClN5O3S. The van der Waals surface area contributed by atoms with E-state index in [4.69, 9.17) is 16.7 Å². The van der Waals surface area contributed by atoms with Crippen LogP contribution in [0.15, 0.2) is 47.4 Å². The maximum atomic E-state index is 11.4. The molecule has 0 spiro atoms. The molecule has 0 saturated carbocycles. The second-order valence-corrected chi connectivity index (χ2v) is 7.03. The molecule has 0 amide bonds. The Kier molecular flexibility index (Phi) is 4.73. The van der Waals surface area contributed by atoms with Gasteiger partial charge in [-0.25, -0.2) is 10.1 Å². The summed E-state index contributed by atoms with van der Waals surface area (Å²) in [7, 11) is -3.77. The van der Waals surface area contributed by atoms with Crippen molar-refractivity contribution >= 4 is 44.2 Å². The number of aromatic nitrogens is 2. The summed E-state index contributed by atoms with van der Waals surface area (Å²) >= 11 is 6.26. The highest BCUT2D eigenvalue weighted by Crippen LogP contribution is 2.29. The molecule has 5 N–H and O–H groups in total. The average Bonchev–Trinajstić information content (AvgIpc) is 2.54. The second kappa shape index (κ2) is 6.81. The van der Waals surface area contributed by atoms with Crippen molar-refractivity contribution in [1.82, 2.24) is 14.7 Å². The number of H-pyrrole nitrogens is 1. The Hall–Kier alpha value is -2.46. The van der Waals surface area contributed by atoms with Crippen LogP contribution in [-0.2, 0) is 16.8 Å². The molecule has 25 heavy (non-hydrogen) atoms. The smallest absolute Gasteiger partial charge is 0.274 e. The van der Waals surface area contributed by atoms with Crippen LogP contribution in [0.1, 0.15) is 5.56 Å². The summed E-state index contributed by atoms with van der Waals surface area (Å²) < 4.78 is 24.1. The number of anilines is 2. The van der Waals surface area contributed by atoms with Gasteiger partial charge in [0.05, 0.1) is 16.4 Å². The summed E-state index contributed by atoms with van der Waals surface area (Å²) in [6, 6.07) is 9.92. The van der Waals surface area contributed by atoms with Crippen molar-refractivity contribution in [1.29, 1.82) is 0 Å². The number of hydrogen-bond donors (Lipinski definition) is 4. The van der Waals surface area contributed by atoms with Crippen molar-refractivity contribution in [3.63, 3.8) is 0 Å². The predicted octanol–water partition coefficient (Wildman–Crippen LogP) is 1.61. The van der Waals surface area contributed by atoms with E-state index in [9.17, 15) is 13.2 Å². The second-order valence-electron chi connectivity index (χ2n) is 5.25. The molecule has 0 aliphatic rings. The minimum Gasteiger partial charge on any atom is -0.354 e. The number of aromatic amines is 1. The molecule has 10 heteroatoms. The van der Waals surface area contributed by atoms with E-state index in [1.165, 1.54) is 6.07 Å². The number of pyridine rings is 2. The van der Waals surface area contributed by atoms with Gasteiger partial charge in [0.1, 0.15) is 5.65 Å². The van der Waals surface area contributed by atoms with E-state index in [0.717, 1.165) is 11.1 Å². The molecule has 2 heterocycles. The molecule has 130 valence electrons. The van der Waals surface area contributed by atoms with E-state index in [1.807, 2.05) is 0 Å². The zero-order valence-corrected chi connectivity index (χ0v) is 14.4. The number of nitrogens with zero attached hydrogens (tertiary/aromatic N) is 1. The van der Waals surface area contributed by atoms with Gasteiger partial charge in [0.25, 0.3) is 10.2 Å². The first-order chi connectivity index (χ1) is 11.8. The highest BCUT2D eigenvalue weighted by Gasteiger charge is 2.08. The third-order valence-corrected chi connectivity index (χ3v) is 4.27. The van der Waals surface area contributed by atoms with Crippen molar-refractivity contribution in [2.75, 3.05) is 5.32 Å². The first-order valence-electron chi connectivity index (χ1n) is 7.13. The zero-order valence-electron chi connectivity index (χ0n) is 12.8. The van der Waals surface area contributed by atoms with Crippen LogP contribution in [0.25, 0.3) is 11.0 Å². The average molecular weight is 380 g/mol. The van der Waals surface area contributed by atoms with Crippen LogP contribution in [0.2, 0.25) is 5.02 Å². The van der Waals surface area contributed by atoms with Crippen LogP contribution in [-0.4, -0.2) is 18.4 Å². The largest absolute Gasteiger partial charge is 0.354 e. The van der Waals surface area contributed by atoms with E-state index in [0.29, 0.717) is 21.9 Å². The Morgan fingerprint density at radius 3 is 2.68 bits per heavy atom. The van der Waals surface area contributed by atoms with E-state index in [2.05, 4.69) is 20.0 Å². The quantitative estimate of drug-likeness (QED) is 0.535. The van der Waals surface area contributed by atoms with Crippen LogP contribution in [0.4, 0.5) is 11.4 Å². The number of benzene rings is 1. The van der Waals surface area contributed by atoms with Gasteiger partial charge in [0, 0.05) is 24.2 Å². The fourth-order valence-electron chi connectivity index (χ4n) is 2.27. The molecule has 0 radical (unpaired) electrons. The summed E-state index contributed by atoms with van der Waals surface area (Å²) in [5.74, 6) is 0. The van der Waals surface area contributed by atoms with E-state index >= 15 is 0 Å². The lowest BCUT2D eigenvalue weighted by Crippen LogP contribution is -2.30. The Labute approximate surface area is 148 Å². The lowest BCUT2D eigenvalue weighted by atomic mass is 10.2. The van der Waals surface area contributed by atoms with Gasteiger partial charge in [-0.3, -0.25) is 4.79 Å². The van der Waals surface area contributed by atoms with Crippen molar-refractivity contribution in [3.05, 3.63) is 63.5 Å². The molecule has 0 unspecified atom stereocenters. The molecule has 0 bridgehead atoms. The molecule has 0 atom stereocenters. The molecule has 0 fully saturated rings. The normalized spacial score (nSPS) is 11.6. The van der Waals surface area contributed by atoms with Crippen molar-refractivity contribution in [3.8, 4) is 0 Å². The minimum absolute atomic E-state index is 0.0399. The number of rotatable bonds is 5. The third kappa shape index (κ3) is 4.34. The minimum atomic E-state index is -3.77. The molecule has 0 saturated heterocycles. The van der Waals surface area contributed by atoms with Gasteiger partial charge in [-0.15, -0.1) is 0 Å². The zero-order chi connectivity index (χ0) is 18.0. The molecule has 0 aliphatic carbocycles. The molecule has 2 aromatic heterocycles. The van der Waals surface area contributed by atoms with Gasteiger partial charge in [0.2, 0.25) is 5.56 Å². The van der Waals surface area contributed by atoms with Gasteiger partial charge in [0.15, 0.2) is 0 Å². The Balaban J connectivity index is 1.87. The molecule has 0 aliphatic heterocycles. The third-order valence-electron chi connectivity index (χ3n) is 3.41. The summed E-state index contributed by atoms with van der Waals surface area (Å²) in [6.07, 6.45) is 1.57.